The summed E-state index contributed by atoms with van der Waals surface area (Å²) in [6.45, 7) is 1.24. The highest BCUT2D eigenvalue weighted by molar-refractivity contribution is 4.84. The van der Waals surface area contributed by atoms with Crippen molar-refractivity contribution in [2.45, 2.75) is 57.0 Å². The van der Waals surface area contributed by atoms with Crippen molar-refractivity contribution >= 4 is 0 Å². The summed E-state index contributed by atoms with van der Waals surface area (Å²) in [6.07, 6.45) is 9.67. The van der Waals surface area contributed by atoms with Gasteiger partial charge in [-0.2, -0.15) is 0 Å². The number of nitrogens with zero attached hydrogens (tertiary/aromatic N) is 1. The number of nitrogens with two attached hydrogens (primary N) is 1. The number of hydrogen-bond acceptors (Lipinski definition) is 2. The Morgan fingerprint density at radius 1 is 1.07 bits per heavy atom. The Labute approximate surface area is 87.8 Å². The first-order chi connectivity index (χ1) is 6.77. The molecule has 0 amide bonds. The van der Waals surface area contributed by atoms with Gasteiger partial charge < -0.3 is 10.6 Å². The summed E-state index contributed by atoms with van der Waals surface area (Å²) >= 11 is 0. The van der Waals surface area contributed by atoms with E-state index < -0.39 is 0 Å². The zero-order chi connectivity index (χ0) is 9.97. The molecule has 2 atom stereocenters. The first kappa shape index (κ1) is 10.4. The Balaban J connectivity index is 1.78. The molecule has 2 heteroatoms. The molecule has 2 fully saturated rings. The van der Waals surface area contributed by atoms with Gasteiger partial charge in [0.25, 0.3) is 0 Å². The quantitative estimate of drug-likeness (QED) is 0.748. The molecule has 2 rings (SSSR count). The van der Waals surface area contributed by atoms with E-state index in [0.29, 0.717) is 6.04 Å². The van der Waals surface area contributed by atoms with Crippen molar-refractivity contribution in [2.75, 3.05) is 13.6 Å². The molecule has 2 nitrogen and oxygen atoms in total. The van der Waals surface area contributed by atoms with Crippen LogP contribution in [0.3, 0.4) is 0 Å². The van der Waals surface area contributed by atoms with Gasteiger partial charge in [-0.3, -0.25) is 0 Å². The maximum atomic E-state index is 6.10. The van der Waals surface area contributed by atoms with Crippen molar-refractivity contribution in [3.63, 3.8) is 0 Å². The Morgan fingerprint density at radius 3 is 2.36 bits per heavy atom. The molecule has 0 aromatic carbocycles. The molecular weight excluding hydrogens is 172 g/mol. The molecule has 2 N–H and O–H groups in total. The second kappa shape index (κ2) is 4.63. The van der Waals surface area contributed by atoms with Crippen LogP contribution in [0, 0.1) is 5.92 Å². The number of rotatable bonds is 3. The minimum atomic E-state index is 0.485. The van der Waals surface area contributed by atoms with Crippen LogP contribution in [0.2, 0.25) is 0 Å². The minimum absolute atomic E-state index is 0.485. The normalized spacial score (nSPS) is 34.5. The van der Waals surface area contributed by atoms with Crippen LogP contribution in [0.5, 0.6) is 0 Å². The molecule has 0 radical (unpaired) electrons. The van der Waals surface area contributed by atoms with E-state index in [4.69, 9.17) is 5.73 Å². The molecule has 0 aromatic rings. The Bertz CT molecular complexity index is 175. The van der Waals surface area contributed by atoms with E-state index in [1.165, 1.54) is 51.5 Å². The summed E-state index contributed by atoms with van der Waals surface area (Å²) in [5.74, 6) is 0.778. The van der Waals surface area contributed by atoms with E-state index in [1.807, 2.05) is 0 Å². The molecule has 0 bridgehead atoms. The van der Waals surface area contributed by atoms with Gasteiger partial charge >= 0.3 is 0 Å². The van der Waals surface area contributed by atoms with E-state index in [0.717, 1.165) is 12.0 Å². The first-order valence-corrected chi connectivity index (χ1v) is 6.23. The summed E-state index contributed by atoms with van der Waals surface area (Å²) in [6, 6.07) is 1.35. The van der Waals surface area contributed by atoms with Gasteiger partial charge in [0.05, 0.1) is 0 Å². The van der Waals surface area contributed by atoms with Crippen molar-refractivity contribution in [3.8, 4) is 0 Å². The van der Waals surface area contributed by atoms with Crippen molar-refractivity contribution in [2.24, 2.45) is 11.7 Å². The minimum Gasteiger partial charge on any atom is -0.327 e. The lowest BCUT2D eigenvalue weighted by Gasteiger charge is -2.28. The second-order valence-electron chi connectivity index (χ2n) is 5.23. The van der Waals surface area contributed by atoms with Crippen LogP contribution in [0.4, 0.5) is 0 Å². The summed E-state index contributed by atoms with van der Waals surface area (Å²) in [5.41, 5.74) is 6.10. The SMILES string of the molecule is CN(CC1CCCC1N)C1CCCC1. The highest BCUT2D eigenvalue weighted by Crippen LogP contribution is 2.28. The van der Waals surface area contributed by atoms with Crippen molar-refractivity contribution < 1.29 is 0 Å². The Hall–Kier alpha value is -0.0800. The average molecular weight is 196 g/mol. The van der Waals surface area contributed by atoms with E-state index >= 15 is 0 Å². The molecular formula is C12H24N2. The van der Waals surface area contributed by atoms with Crippen LogP contribution in [0.1, 0.15) is 44.9 Å². The zero-order valence-corrected chi connectivity index (χ0v) is 9.41. The monoisotopic (exact) mass is 196 g/mol. The molecule has 2 saturated carbocycles. The smallest absolute Gasteiger partial charge is 0.00923 e. The third kappa shape index (κ3) is 2.29. The molecule has 0 aromatic heterocycles. The maximum Gasteiger partial charge on any atom is 0.00923 e. The predicted octanol–water partition coefficient (Wildman–Crippen LogP) is 1.99. The third-order valence-electron chi connectivity index (χ3n) is 4.19. The van der Waals surface area contributed by atoms with Crippen LogP contribution in [-0.2, 0) is 0 Å². The second-order valence-corrected chi connectivity index (χ2v) is 5.23. The van der Waals surface area contributed by atoms with E-state index in [9.17, 15) is 0 Å². The molecule has 2 aliphatic rings. The number of hydrogen-bond donors (Lipinski definition) is 1. The topological polar surface area (TPSA) is 29.3 Å². The van der Waals surface area contributed by atoms with E-state index in [-0.39, 0.29) is 0 Å². The van der Waals surface area contributed by atoms with Gasteiger partial charge in [-0.25, -0.2) is 0 Å². The molecule has 14 heavy (non-hydrogen) atoms. The lowest BCUT2D eigenvalue weighted by atomic mass is 10.0. The van der Waals surface area contributed by atoms with Crippen molar-refractivity contribution in [1.82, 2.24) is 4.90 Å². The van der Waals surface area contributed by atoms with Crippen LogP contribution >= 0.6 is 0 Å². The summed E-state index contributed by atoms with van der Waals surface area (Å²) < 4.78 is 0. The molecule has 0 saturated heterocycles. The lowest BCUT2D eigenvalue weighted by molar-refractivity contribution is 0.202. The lowest BCUT2D eigenvalue weighted by Crippen LogP contribution is -2.38. The standard InChI is InChI=1S/C12H24N2/c1-14(11-6-2-3-7-11)9-10-5-4-8-12(10)13/h10-12H,2-9,13H2,1H3. The fourth-order valence-corrected chi connectivity index (χ4v) is 3.16. The van der Waals surface area contributed by atoms with Gasteiger partial charge in [0.15, 0.2) is 0 Å². The Morgan fingerprint density at radius 2 is 1.79 bits per heavy atom. The summed E-state index contributed by atoms with van der Waals surface area (Å²) in [7, 11) is 2.29. The highest BCUT2D eigenvalue weighted by Gasteiger charge is 2.27. The van der Waals surface area contributed by atoms with Crippen LogP contribution in [0.25, 0.3) is 0 Å². The fraction of sp³-hybridized carbons (Fsp3) is 1.00. The molecule has 2 aliphatic carbocycles. The summed E-state index contributed by atoms with van der Waals surface area (Å²) in [5, 5.41) is 0. The highest BCUT2D eigenvalue weighted by atomic mass is 15.1. The van der Waals surface area contributed by atoms with Crippen molar-refractivity contribution in [3.05, 3.63) is 0 Å². The van der Waals surface area contributed by atoms with Gasteiger partial charge in [-0.15, -0.1) is 0 Å². The zero-order valence-electron chi connectivity index (χ0n) is 9.41. The van der Waals surface area contributed by atoms with Gasteiger partial charge in [0.2, 0.25) is 0 Å². The van der Waals surface area contributed by atoms with E-state index in [2.05, 4.69) is 11.9 Å². The molecule has 0 spiro atoms. The average Bonchev–Trinajstić information content (AvgIpc) is 2.77. The molecule has 82 valence electrons. The van der Waals surface area contributed by atoms with Crippen molar-refractivity contribution in [1.29, 1.82) is 0 Å². The van der Waals surface area contributed by atoms with E-state index in [1.54, 1.807) is 0 Å². The third-order valence-corrected chi connectivity index (χ3v) is 4.19. The largest absolute Gasteiger partial charge is 0.327 e. The van der Waals surface area contributed by atoms with Gasteiger partial charge in [-0.1, -0.05) is 19.3 Å². The van der Waals surface area contributed by atoms with Crippen LogP contribution < -0.4 is 5.73 Å². The maximum absolute atomic E-state index is 6.10. The van der Waals surface area contributed by atoms with Gasteiger partial charge in [-0.05, 0) is 38.6 Å². The van der Waals surface area contributed by atoms with Gasteiger partial charge in [0.1, 0.15) is 0 Å². The molecule has 0 heterocycles. The predicted molar refractivity (Wildman–Crippen MR) is 60.2 cm³/mol. The first-order valence-electron chi connectivity index (χ1n) is 6.23. The van der Waals surface area contributed by atoms with Crippen LogP contribution in [-0.4, -0.2) is 30.6 Å². The Kier molecular flexibility index (Phi) is 3.45. The molecule has 0 aliphatic heterocycles. The fourth-order valence-electron chi connectivity index (χ4n) is 3.16. The summed E-state index contributed by atoms with van der Waals surface area (Å²) in [4.78, 5) is 2.57. The van der Waals surface area contributed by atoms with Crippen LogP contribution in [0.15, 0.2) is 0 Å². The van der Waals surface area contributed by atoms with Gasteiger partial charge in [0, 0.05) is 18.6 Å². The molecule has 2 unspecified atom stereocenters.